The van der Waals surface area contributed by atoms with E-state index in [1.54, 1.807) is 0 Å². The van der Waals surface area contributed by atoms with Crippen molar-refractivity contribution < 1.29 is 4.74 Å². The first kappa shape index (κ1) is 10.1. The van der Waals surface area contributed by atoms with Gasteiger partial charge in [0.05, 0.1) is 10.2 Å². The SMILES string of the molecule is CCOc1c(C)cc(Cl)cc1I. The highest BCUT2D eigenvalue weighted by Gasteiger charge is 2.05. The van der Waals surface area contributed by atoms with Crippen molar-refractivity contribution >= 4 is 34.2 Å². The van der Waals surface area contributed by atoms with Crippen LogP contribution in [0.25, 0.3) is 0 Å². The monoisotopic (exact) mass is 296 g/mol. The van der Waals surface area contributed by atoms with Crippen molar-refractivity contribution in [1.82, 2.24) is 0 Å². The summed E-state index contributed by atoms with van der Waals surface area (Å²) >= 11 is 8.09. The van der Waals surface area contributed by atoms with E-state index >= 15 is 0 Å². The van der Waals surface area contributed by atoms with Crippen LogP contribution in [0, 0.1) is 10.5 Å². The van der Waals surface area contributed by atoms with E-state index in [0.717, 1.165) is 19.9 Å². The van der Waals surface area contributed by atoms with E-state index in [9.17, 15) is 0 Å². The number of benzene rings is 1. The molecule has 0 heterocycles. The molecule has 0 saturated carbocycles. The Hall–Kier alpha value is 0.0400. The van der Waals surface area contributed by atoms with Gasteiger partial charge in [-0.15, -0.1) is 0 Å². The molecular weight excluding hydrogens is 286 g/mol. The summed E-state index contributed by atoms with van der Waals surface area (Å²) in [5.74, 6) is 0.947. The predicted octanol–water partition coefficient (Wildman–Crippen LogP) is 3.65. The minimum Gasteiger partial charge on any atom is -0.492 e. The maximum absolute atomic E-state index is 5.86. The minimum atomic E-state index is 0.693. The first-order valence-electron chi connectivity index (χ1n) is 3.73. The number of hydrogen-bond donors (Lipinski definition) is 0. The Morgan fingerprint density at radius 3 is 2.67 bits per heavy atom. The molecule has 0 aliphatic rings. The van der Waals surface area contributed by atoms with Gasteiger partial charge in [0.2, 0.25) is 0 Å². The second kappa shape index (κ2) is 4.33. The van der Waals surface area contributed by atoms with E-state index in [1.165, 1.54) is 0 Å². The Bertz CT molecular complexity index is 263. The molecule has 12 heavy (non-hydrogen) atoms. The fourth-order valence-electron chi connectivity index (χ4n) is 1.02. The molecule has 0 amide bonds. The van der Waals surface area contributed by atoms with E-state index in [0.29, 0.717) is 6.61 Å². The molecule has 0 unspecified atom stereocenters. The van der Waals surface area contributed by atoms with Gasteiger partial charge >= 0.3 is 0 Å². The zero-order chi connectivity index (χ0) is 9.14. The second-order valence-corrected chi connectivity index (χ2v) is 4.07. The maximum Gasteiger partial charge on any atom is 0.135 e. The van der Waals surface area contributed by atoms with Crippen LogP contribution in [0.1, 0.15) is 12.5 Å². The summed E-state index contributed by atoms with van der Waals surface area (Å²) in [6, 6.07) is 3.81. The smallest absolute Gasteiger partial charge is 0.135 e. The number of rotatable bonds is 2. The summed E-state index contributed by atoms with van der Waals surface area (Å²) in [5.41, 5.74) is 1.09. The largest absolute Gasteiger partial charge is 0.492 e. The molecule has 0 fully saturated rings. The molecule has 3 heteroatoms. The van der Waals surface area contributed by atoms with Crippen LogP contribution in [-0.2, 0) is 0 Å². The third-order valence-electron chi connectivity index (χ3n) is 1.48. The molecule has 1 aromatic carbocycles. The Morgan fingerprint density at radius 1 is 1.50 bits per heavy atom. The number of ether oxygens (including phenoxy) is 1. The van der Waals surface area contributed by atoms with Gasteiger partial charge in [-0.05, 0) is 54.1 Å². The van der Waals surface area contributed by atoms with Gasteiger partial charge in [-0.1, -0.05) is 11.6 Å². The van der Waals surface area contributed by atoms with Crippen LogP contribution in [0.2, 0.25) is 5.02 Å². The lowest BCUT2D eigenvalue weighted by molar-refractivity contribution is 0.335. The van der Waals surface area contributed by atoms with Crippen molar-refractivity contribution in [1.29, 1.82) is 0 Å². The average Bonchev–Trinajstić information content (AvgIpc) is 1.96. The van der Waals surface area contributed by atoms with Crippen LogP contribution in [0.5, 0.6) is 5.75 Å². The molecule has 1 nitrogen and oxygen atoms in total. The predicted molar refractivity (Wildman–Crippen MR) is 60.1 cm³/mol. The molecule has 0 spiro atoms. The topological polar surface area (TPSA) is 9.23 Å². The molecule has 0 atom stereocenters. The van der Waals surface area contributed by atoms with Gasteiger partial charge < -0.3 is 4.74 Å². The molecule has 1 rings (SSSR count). The van der Waals surface area contributed by atoms with Crippen molar-refractivity contribution in [2.24, 2.45) is 0 Å². The fourth-order valence-corrected chi connectivity index (χ4v) is 2.39. The van der Waals surface area contributed by atoms with Gasteiger partial charge in [0, 0.05) is 5.02 Å². The molecule has 0 bridgehead atoms. The van der Waals surface area contributed by atoms with Gasteiger partial charge in [0.25, 0.3) is 0 Å². The van der Waals surface area contributed by atoms with Crippen molar-refractivity contribution in [3.8, 4) is 5.75 Å². The summed E-state index contributed by atoms with van der Waals surface area (Å²) in [4.78, 5) is 0. The van der Waals surface area contributed by atoms with Crippen LogP contribution in [0.3, 0.4) is 0 Å². The molecular formula is C9H10ClIO. The third kappa shape index (κ3) is 2.26. The van der Waals surface area contributed by atoms with E-state index in [-0.39, 0.29) is 0 Å². The van der Waals surface area contributed by atoms with E-state index in [4.69, 9.17) is 16.3 Å². The third-order valence-corrected chi connectivity index (χ3v) is 2.50. The van der Waals surface area contributed by atoms with Crippen LogP contribution in [-0.4, -0.2) is 6.61 Å². The zero-order valence-corrected chi connectivity index (χ0v) is 9.94. The molecule has 0 aliphatic carbocycles. The Labute approximate surface area is 91.2 Å². The molecule has 0 aromatic heterocycles. The van der Waals surface area contributed by atoms with Crippen molar-refractivity contribution in [3.63, 3.8) is 0 Å². The van der Waals surface area contributed by atoms with Gasteiger partial charge in [-0.25, -0.2) is 0 Å². The Balaban J connectivity index is 3.10. The zero-order valence-electron chi connectivity index (χ0n) is 7.03. The molecule has 0 radical (unpaired) electrons. The summed E-state index contributed by atoms with van der Waals surface area (Å²) in [5, 5.41) is 0.764. The quantitative estimate of drug-likeness (QED) is 0.757. The van der Waals surface area contributed by atoms with Gasteiger partial charge in [0.1, 0.15) is 5.75 Å². The summed E-state index contributed by atoms with van der Waals surface area (Å²) in [6.45, 7) is 4.67. The number of aryl methyl sites for hydroxylation is 1. The number of hydrogen-bond acceptors (Lipinski definition) is 1. The van der Waals surface area contributed by atoms with E-state index in [1.807, 2.05) is 26.0 Å². The first-order chi connectivity index (χ1) is 5.65. The van der Waals surface area contributed by atoms with E-state index < -0.39 is 0 Å². The van der Waals surface area contributed by atoms with E-state index in [2.05, 4.69) is 22.6 Å². The van der Waals surface area contributed by atoms with Crippen LogP contribution in [0.4, 0.5) is 0 Å². The molecule has 0 saturated heterocycles. The average molecular weight is 297 g/mol. The lowest BCUT2D eigenvalue weighted by Gasteiger charge is -2.09. The highest BCUT2D eigenvalue weighted by Crippen LogP contribution is 2.28. The Morgan fingerprint density at radius 2 is 2.17 bits per heavy atom. The molecule has 0 N–H and O–H groups in total. The lowest BCUT2D eigenvalue weighted by Crippen LogP contribution is -1.96. The second-order valence-electron chi connectivity index (χ2n) is 2.47. The number of halogens is 2. The molecule has 66 valence electrons. The van der Waals surface area contributed by atoms with Crippen molar-refractivity contribution in [2.75, 3.05) is 6.61 Å². The van der Waals surface area contributed by atoms with Crippen LogP contribution in [0.15, 0.2) is 12.1 Å². The van der Waals surface area contributed by atoms with Gasteiger partial charge in [-0.2, -0.15) is 0 Å². The standard InChI is InChI=1S/C9H10ClIO/c1-3-12-9-6(2)4-7(10)5-8(9)11/h4-5H,3H2,1-2H3. The molecule has 0 aliphatic heterocycles. The fraction of sp³-hybridized carbons (Fsp3) is 0.333. The first-order valence-corrected chi connectivity index (χ1v) is 5.19. The van der Waals surface area contributed by atoms with Crippen LogP contribution < -0.4 is 4.74 Å². The van der Waals surface area contributed by atoms with Gasteiger partial charge in [0.15, 0.2) is 0 Å². The lowest BCUT2D eigenvalue weighted by atomic mass is 10.2. The summed E-state index contributed by atoms with van der Waals surface area (Å²) < 4.78 is 6.53. The highest BCUT2D eigenvalue weighted by molar-refractivity contribution is 14.1. The van der Waals surface area contributed by atoms with Crippen molar-refractivity contribution in [2.45, 2.75) is 13.8 Å². The maximum atomic E-state index is 5.86. The highest BCUT2D eigenvalue weighted by atomic mass is 127. The van der Waals surface area contributed by atoms with Crippen molar-refractivity contribution in [3.05, 3.63) is 26.3 Å². The summed E-state index contributed by atoms with van der Waals surface area (Å²) in [6.07, 6.45) is 0. The molecule has 1 aromatic rings. The van der Waals surface area contributed by atoms with Crippen LogP contribution >= 0.6 is 34.2 Å². The van der Waals surface area contributed by atoms with Gasteiger partial charge in [-0.3, -0.25) is 0 Å². The Kier molecular flexibility index (Phi) is 3.65. The normalized spacial score (nSPS) is 10.0. The minimum absolute atomic E-state index is 0.693. The summed E-state index contributed by atoms with van der Waals surface area (Å²) in [7, 11) is 0.